The van der Waals surface area contributed by atoms with Crippen molar-refractivity contribution in [3.05, 3.63) is 42.0 Å². The maximum Gasteiger partial charge on any atom is 0.191 e. The highest BCUT2D eigenvalue weighted by molar-refractivity contribution is 14.0. The van der Waals surface area contributed by atoms with E-state index < -0.39 is 0 Å². The minimum Gasteiger partial charge on any atom is -0.379 e. The van der Waals surface area contributed by atoms with Gasteiger partial charge in [-0.2, -0.15) is 0 Å². The summed E-state index contributed by atoms with van der Waals surface area (Å²) in [4.78, 5) is 6.63. The van der Waals surface area contributed by atoms with E-state index in [4.69, 9.17) is 9.47 Å². The van der Waals surface area contributed by atoms with Crippen molar-refractivity contribution in [2.75, 3.05) is 51.4 Å². The Hall–Kier alpha value is -1.32. The van der Waals surface area contributed by atoms with E-state index in [0.717, 1.165) is 71.2 Å². The van der Waals surface area contributed by atoms with Crippen LogP contribution >= 0.6 is 24.0 Å². The molecule has 0 spiro atoms. The predicted octanol–water partition coefficient (Wildman–Crippen LogP) is 2.93. The molecule has 7 heteroatoms. The molecule has 0 radical (unpaired) electrons. The first-order chi connectivity index (χ1) is 13.3. The van der Waals surface area contributed by atoms with Crippen LogP contribution in [0.15, 0.2) is 41.4 Å². The number of benzene rings is 1. The molecular formula is C21H33IN4O2. The van der Waals surface area contributed by atoms with Gasteiger partial charge in [0.05, 0.1) is 12.7 Å². The summed E-state index contributed by atoms with van der Waals surface area (Å²) in [5.74, 6) is 0.821. The number of nitrogens with one attached hydrogen (secondary N) is 2. The zero-order valence-corrected chi connectivity index (χ0v) is 19.1. The largest absolute Gasteiger partial charge is 0.379 e. The third kappa shape index (κ3) is 7.60. The summed E-state index contributed by atoms with van der Waals surface area (Å²) < 4.78 is 11.2. The van der Waals surface area contributed by atoms with Crippen molar-refractivity contribution in [3.63, 3.8) is 0 Å². The van der Waals surface area contributed by atoms with Crippen molar-refractivity contribution in [2.24, 2.45) is 4.99 Å². The number of nitrogens with zero attached hydrogens (tertiary/aromatic N) is 2. The van der Waals surface area contributed by atoms with Crippen LogP contribution in [0.4, 0.5) is 5.69 Å². The van der Waals surface area contributed by atoms with E-state index in [-0.39, 0.29) is 24.0 Å². The molecule has 1 aromatic carbocycles. The Balaban J connectivity index is 0.00000280. The molecule has 1 atom stereocenters. The maximum absolute atomic E-state index is 5.68. The lowest BCUT2D eigenvalue weighted by Gasteiger charge is -2.18. The molecule has 2 N–H and O–H groups in total. The fraction of sp³-hybridized carbons (Fsp3) is 0.571. The first-order valence-electron chi connectivity index (χ1n) is 9.98. The second-order valence-corrected chi connectivity index (χ2v) is 6.96. The second kappa shape index (κ2) is 13.0. The maximum atomic E-state index is 5.68. The first-order valence-corrected chi connectivity index (χ1v) is 9.98. The van der Waals surface area contributed by atoms with E-state index in [9.17, 15) is 0 Å². The minimum absolute atomic E-state index is 0. The van der Waals surface area contributed by atoms with Crippen LogP contribution in [-0.4, -0.2) is 58.6 Å². The van der Waals surface area contributed by atoms with Crippen molar-refractivity contribution in [2.45, 2.75) is 31.9 Å². The van der Waals surface area contributed by atoms with Gasteiger partial charge in [0.2, 0.25) is 0 Å². The average Bonchev–Trinajstić information content (AvgIpc) is 3.41. The smallest absolute Gasteiger partial charge is 0.191 e. The molecular weight excluding hydrogens is 467 g/mol. The molecule has 1 unspecified atom stereocenters. The zero-order chi connectivity index (χ0) is 18.7. The fourth-order valence-corrected chi connectivity index (χ4v) is 3.29. The number of rotatable bonds is 9. The van der Waals surface area contributed by atoms with Crippen LogP contribution in [-0.2, 0) is 16.0 Å². The van der Waals surface area contributed by atoms with Crippen LogP contribution < -0.4 is 15.5 Å². The van der Waals surface area contributed by atoms with E-state index in [1.165, 1.54) is 11.3 Å². The molecule has 0 bridgehead atoms. The summed E-state index contributed by atoms with van der Waals surface area (Å²) in [5.41, 5.74) is 2.52. The van der Waals surface area contributed by atoms with E-state index in [1.54, 1.807) is 7.05 Å². The van der Waals surface area contributed by atoms with Crippen molar-refractivity contribution >= 4 is 35.6 Å². The Bertz CT molecular complexity index is 607. The molecule has 1 fully saturated rings. The third-order valence-electron chi connectivity index (χ3n) is 4.89. The average molecular weight is 500 g/mol. The lowest BCUT2D eigenvalue weighted by atomic mass is 10.2. The summed E-state index contributed by atoms with van der Waals surface area (Å²) in [7, 11) is 1.80. The van der Waals surface area contributed by atoms with Gasteiger partial charge in [0.15, 0.2) is 5.96 Å². The number of ether oxygens (including phenoxy) is 2. The third-order valence-corrected chi connectivity index (χ3v) is 4.89. The Morgan fingerprint density at radius 1 is 1.21 bits per heavy atom. The van der Waals surface area contributed by atoms with Gasteiger partial charge in [-0.3, -0.25) is 4.99 Å². The number of halogens is 1. The van der Waals surface area contributed by atoms with Gasteiger partial charge in [0.1, 0.15) is 0 Å². The lowest BCUT2D eigenvalue weighted by molar-refractivity contribution is 0.0168. The van der Waals surface area contributed by atoms with Crippen LogP contribution in [0.25, 0.3) is 0 Å². The first kappa shape index (κ1) is 23.0. The van der Waals surface area contributed by atoms with E-state index in [0.29, 0.717) is 6.10 Å². The molecule has 2 aliphatic heterocycles. The SMILES string of the molecule is CN=C(NCCCOCC1CCCO1)NCc1ccc(N2CC=CC2)cc1.I. The summed E-state index contributed by atoms with van der Waals surface area (Å²) >= 11 is 0. The van der Waals surface area contributed by atoms with Crippen LogP contribution in [0, 0.1) is 0 Å². The number of aliphatic imine (C=N–C) groups is 1. The number of hydrogen-bond acceptors (Lipinski definition) is 4. The van der Waals surface area contributed by atoms with Gasteiger partial charge in [0, 0.05) is 52.1 Å². The molecule has 3 rings (SSSR count). The highest BCUT2D eigenvalue weighted by Crippen LogP contribution is 2.17. The molecule has 1 aromatic rings. The van der Waals surface area contributed by atoms with Gasteiger partial charge in [-0.25, -0.2) is 0 Å². The molecule has 0 amide bonds. The van der Waals surface area contributed by atoms with Crippen LogP contribution in [0.5, 0.6) is 0 Å². The molecule has 2 heterocycles. The molecule has 156 valence electrons. The quantitative estimate of drug-likeness (QED) is 0.180. The Labute approximate surface area is 185 Å². The molecule has 0 aromatic heterocycles. The lowest BCUT2D eigenvalue weighted by Crippen LogP contribution is -2.37. The Kier molecular flexibility index (Phi) is 10.7. The summed E-state index contributed by atoms with van der Waals surface area (Å²) in [6.45, 7) is 5.96. The number of guanidine groups is 1. The highest BCUT2D eigenvalue weighted by atomic mass is 127. The van der Waals surface area contributed by atoms with Crippen molar-refractivity contribution in [3.8, 4) is 0 Å². The molecule has 6 nitrogen and oxygen atoms in total. The van der Waals surface area contributed by atoms with Crippen molar-refractivity contribution in [1.82, 2.24) is 10.6 Å². The summed E-state index contributed by atoms with van der Waals surface area (Å²) in [6.07, 6.45) is 7.96. The second-order valence-electron chi connectivity index (χ2n) is 6.96. The van der Waals surface area contributed by atoms with Crippen LogP contribution in [0.1, 0.15) is 24.8 Å². The van der Waals surface area contributed by atoms with Gasteiger partial charge >= 0.3 is 0 Å². The summed E-state index contributed by atoms with van der Waals surface area (Å²) in [6, 6.07) is 8.72. The predicted molar refractivity (Wildman–Crippen MR) is 126 cm³/mol. The number of hydrogen-bond donors (Lipinski definition) is 2. The van der Waals surface area contributed by atoms with Crippen LogP contribution in [0.2, 0.25) is 0 Å². The molecule has 1 saturated heterocycles. The van der Waals surface area contributed by atoms with Crippen LogP contribution in [0.3, 0.4) is 0 Å². The monoisotopic (exact) mass is 500 g/mol. The van der Waals surface area contributed by atoms with Gasteiger partial charge in [-0.05, 0) is 37.0 Å². The molecule has 2 aliphatic rings. The highest BCUT2D eigenvalue weighted by Gasteiger charge is 2.14. The standard InChI is InChI=1S/C21H32N4O2.HI/c1-22-21(23-11-5-14-26-17-20-6-4-15-27-20)24-16-18-7-9-19(10-8-18)25-12-2-3-13-25;/h2-3,7-10,20H,4-6,11-17H2,1H3,(H2,22,23,24);1H. The van der Waals surface area contributed by atoms with Gasteiger partial charge in [-0.15, -0.1) is 24.0 Å². The van der Waals surface area contributed by atoms with Gasteiger partial charge in [-0.1, -0.05) is 24.3 Å². The van der Waals surface area contributed by atoms with Crippen molar-refractivity contribution in [1.29, 1.82) is 0 Å². The Morgan fingerprint density at radius 3 is 2.68 bits per heavy atom. The van der Waals surface area contributed by atoms with E-state index in [2.05, 4.69) is 56.9 Å². The fourth-order valence-electron chi connectivity index (χ4n) is 3.29. The zero-order valence-electron chi connectivity index (χ0n) is 16.7. The topological polar surface area (TPSA) is 58.1 Å². The van der Waals surface area contributed by atoms with Crippen molar-refractivity contribution < 1.29 is 9.47 Å². The van der Waals surface area contributed by atoms with E-state index in [1.807, 2.05) is 0 Å². The van der Waals surface area contributed by atoms with Gasteiger partial charge in [0.25, 0.3) is 0 Å². The summed E-state index contributed by atoms with van der Waals surface area (Å²) in [5, 5.41) is 6.70. The molecule has 28 heavy (non-hydrogen) atoms. The molecule has 0 saturated carbocycles. The number of anilines is 1. The Morgan fingerprint density at radius 2 is 2.00 bits per heavy atom. The normalized spacial score (nSPS) is 19.0. The van der Waals surface area contributed by atoms with E-state index >= 15 is 0 Å². The minimum atomic E-state index is 0. The van der Waals surface area contributed by atoms with Gasteiger partial charge < -0.3 is 25.0 Å². The molecule has 0 aliphatic carbocycles.